The number of anilines is 1. The second-order valence-electron chi connectivity index (χ2n) is 4.28. The fraction of sp³-hybridized carbons (Fsp3) is 0.125. The van der Waals surface area contributed by atoms with Crippen molar-refractivity contribution in [1.82, 2.24) is 9.97 Å². The number of aromatic nitrogens is 2. The third-order valence-corrected chi connectivity index (χ3v) is 2.65. The number of rotatable bonds is 4. The largest absolute Gasteiger partial charge is 0.340 e. The molecule has 0 aliphatic rings. The van der Waals surface area contributed by atoms with Crippen LogP contribution in [0, 0.1) is 0 Å². The third kappa shape index (κ3) is 3.57. The van der Waals surface area contributed by atoms with Crippen molar-refractivity contribution >= 4 is 30.2 Å². The fourth-order valence-corrected chi connectivity index (χ4v) is 1.76. The molecule has 0 spiro atoms. The first-order valence-corrected chi connectivity index (χ1v) is 6.48. The van der Waals surface area contributed by atoms with Crippen LogP contribution in [0.15, 0.2) is 60.5 Å². The quantitative estimate of drug-likeness (QED) is 0.679. The van der Waals surface area contributed by atoms with Gasteiger partial charge in [-0.3, -0.25) is 4.98 Å². The Bertz CT molecular complexity index is 687. The molecule has 20 heavy (non-hydrogen) atoms. The highest BCUT2D eigenvalue weighted by atomic mass is 15.0. The minimum absolute atomic E-state index is 0.611. The lowest BCUT2D eigenvalue weighted by atomic mass is 9.98. The minimum Gasteiger partial charge on any atom is -0.340 e. The number of pyridine rings is 2. The molecule has 0 atom stereocenters. The molecule has 0 bridgehead atoms. The Kier molecular flexibility index (Phi) is 4.72. The Morgan fingerprint density at radius 1 is 1.20 bits per heavy atom. The second-order valence-corrected chi connectivity index (χ2v) is 4.28. The van der Waals surface area contributed by atoms with Crippen molar-refractivity contribution in [3.8, 4) is 0 Å². The van der Waals surface area contributed by atoms with Gasteiger partial charge in [0.15, 0.2) is 0 Å². The number of allylic oxidation sites excluding steroid dienone is 5. The van der Waals surface area contributed by atoms with Crippen molar-refractivity contribution in [2.24, 2.45) is 0 Å². The van der Waals surface area contributed by atoms with Crippen LogP contribution in [0.3, 0.4) is 0 Å². The standard InChI is InChI=1S/C16H16BN3/c1-3-5-7-13(6-4-2)19-16-9-8-14-15(20-16)10-12(17)11-18-14/h3-11H,1-2H3,(H,19,20)/b5-3-,6-4+,13-7+. The highest BCUT2D eigenvalue weighted by molar-refractivity contribution is 6.32. The average molecular weight is 261 g/mol. The molecule has 1 N–H and O–H groups in total. The molecule has 0 unspecified atom stereocenters. The SMILES string of the molecule is [B]c1cnc2ccc(NC(/C=C/C)=C/C=C\C)nc2c1. The zero-order chi connectivity index (χ0) is 14.4. The molecule has 98 valence electrons. The molecule has 0 aliphatic carbocycles. The van der Waals surface area contributed by atoms with Gasteiger partial charge in [0, 0.05) is 11.9 Å². The zero-order valence-electron chi connectivity index (χ0n) is 11.7. The summed E-state index contributed by atoms with van der Waals surface area (Å²) in [5.74, 6) is 0.763. The average Bonchev–Trinajstić information content (AvgIpc) is 2.44. The van der Waals surface area contributed by atoms with E-state index in [2.05, 4.69) is 15.3 Å². The summed E-state index contributed by atoms with van der Waals surface area (Å²) >= 11 is 0. The van der Waals surface area contributed by atoms with Gasteiger partial charge >= 0.3 is 0 Å². The van der Waals surface area contributed by atoms with Crippen LogP contribution >= 0.6 is 0 Å². The van der Waals surface area contributed by atoms with Crippen molar-refractivity contribution in [2.75, 3.05) is 5.32 Å². The van der Waals surface area contributed by atoms with Gasteiger partial charge in [-0.05, 0) is 44.2 Å². The van der Waals surface area contributed by atoms with Crippen LogP contribution in [-0.2, 0) is 0 Å². The highest BCUT2D eigenvalue weighted by Crippen LogP contribution is 2.13. The molecular formula is C16H16BN3. The summed E-state index contributed by atoms with van der Waals surface area (Å²) in [5, 5.41) is 3.27. The summed E-state index contributed by atoms with van der Waals surface area (Å²) in [7, 11) is 5.73. The maximum Gasteiger partial charge on any atom is 0.131 e. The minimum atomic E-state index is 0.611. The summed E-state index contributed by atoms with van der Waals surface area (Å²) in [4.78, 5) is 8.75. The smallest absolute Gasteiger partial charge is 0.131 e. The second kappa shape index (κ2) is 6.71. The van der Waals surface area contributed by atoms with E-state index in [1.807, 2.05) is 62.4 Å². The molecule has 2 aromatic heterocycles. The fourth-order valence-electron chi connectivity index (χ4n) is 1.76. The first kappa shape index (κ1) is 14.1. The Morgan fingerprint density at radius 3 is 2.80 bits per heavy atom. The van der Waals surface area contributed by atoms with Gasteiger partial charge in [0.2, 0.25) is 0 Å². The molecule has 0 amide bonds. The topological polar surface area (TPSA) is 37.8 Å². The lowest BCUT2D eigenvalue weighted by Crippen LogP contribution is -2.04. The molecule has 0 saturated heterocycles. The van der Waals surface area contributed by atoms with Crippen LogP contribution in [0.2, 0.25) is 0 Å². The summed E-state index contributed by atoms with van der Waals surface area (Å²) in [6, 6.07) is 5.64. The molecule has 0 saturated carbocycles. The Labute approximate surface area is 120 Å². The monoisotopic (exact) mass is 261 g/mol. The number of fused-ring (bicyclic) bond motifs is 1. The van der Waals surface area contributed by atoms with Crippen LogP contribution in [0.1, 0.15) is 13.8 Å². The third-order valence-electron chi connectivity index (χ3n) is 2.65. The molecule has 2 heterocycles. The van der Waals surface area contributed by atoms with Gasteiger partial charge in [0.25, 0.3) is 0 Å². The predicted molar refractivity (Wildman–Crippen MR) is 86.3 cm³/mol. The van der Waals surface area contributed by atoms with Crippen LogP contribution in [-0.4, -0.2) is 17.8 Å². The molecule has 0 fully saturated rings. The van der Waals surface area contributed by atoms with E-state index in [1.165, 1.54) is 0 Å². The Morgan fingerprint density at radius 2 is 2.05 bits per heavy atom. The maximum atomic E-state index is 5.73. The van der Waals surface area contributed by atoms with Crippen LogP contribution in [0.4, 0.5) is 5.82 Å². The van der Waals surface area contributed by atoms with Crippen molar-refractivity contribution < 1.29 is 0 Å². The lowest BCUT2D eigenvalue weighted by molar-refractivity contribution is 1.31. The van der Waals surface area contributed by atoms with Crippen molar-refractivity contribution in [3.05, 3.63) is 60.5 Å². The van der Waals surface area contributed by atoms with Gasteiger partial charge < -0.3 is 5.32 Å². The van der Waals surface area contributed by atoms with Gasteiger partial charge in [-0.2, -0.15) is 0 Å². The van der Waals surface area contributed by atoms with Crippen molar-refractivity contribution in [2.45, 2.75) is 13.8 Å². The van der Waals surface area contributed by atoms with E-state index in [4.69, 9.17) is 7.85 Å². The van der Waals surface area contributed by atoms with E-state index in [9.17, 15) is 0 Å². The molecular weight excluding hydrogens is 245 g/mol. The van der Waals surface area contributed by atoms with Crippen LogP contribution in [0.5, 0.6) is 0 Å². The number of nitrogens with one attached hydrogen (secondary N) is 1. The number of hydrogen-bond donors (Lipinski definition) is 1. The summed E-state index contributed by atoms with van der Waals surface area (Å²) in [6.45, 7) is 3.95. The summed E-state index contributed by atoms with van der Waals surface area (Å²) < 4.78 is 0. The predicted octanol–water partition coefficient (Wildman–Crippen LogP) is 2.87. The van der Waals surface area contributed by atoms with Gasteiger partial charge in [0.1, 0.15) is 13.7 Å². The van der Waals surface area contributed by atoms with E-state index in [1.54, 1.807) is 6.20 Å². The normalized spacial score (nSPS) is 12.6. The molecule has 2 rings (SSSR count). The lowest BCUT2D eigenvalue weighted by Gasteiger charge is -2.07. The summed E-state index contributed by atoms with van der Waals surface area (Å²) in [5.41, 5.74) is 3.19. The Hall–Kier alpha value is -2.36. The first-order chi connectivity index (χ1) is 9.72. The maximum absolute atomic E-state index is 5.73. The van der Waals surface area contributed by atoms with Crippen molar-refractivity contribution in [1.29, 1.82) is 0 Å². The number of nitrogens with zero attached hydrogens (tertiary/aromatic N) is 2. The first-order valence-electron chi connectivity index (χ1n) is 6.48. The zero-order valence-corrected chi connectivity index (χ0v) is 11.7. The summed E-state index contributed by atoms with van der Waals surface area (Å²) in [6.07, 6.45) is 11.5. The van der Waals surface area contributed by atoms with Gasteiger partial charge in [-0.1, -0.05) is 23.7 Å². The van der Waals surface area contributed by atoms with E-state index < -0.39 is 0 Å². The van der Waals surface area contributed by atoms with Crippen LogP contribution < -0.4 is 10.8 Å². The van der Waals surface area contributed by atoms with Crippen molar-refractivity contribution in [3.63, 3.8) is 0 Å². The van der Waals surface area contributed by atoms with Crippen LogP contribution in [0.25, 0.3) is 11.0 Å². The molecule has 2 radical (unpaired) electrons. The van der Waals surface area contributed by atoms with Gasteiger partial charge in [-0.25, -0.2) is 4.98 Å². The van der Waals surface area contributed by atoms with Gasteiger partial charge in [0.05, 0.1) is 11.0 Å². The van der Waals surface area contributed by atoms with E-state index in [0.717, 1.165) is 22.5 Å². The van der Waals surface area contributed by atoms with E-state index in [0.29, 0.717) is 5.46 Å². The molecule has 2 aromatic rings. The highest BCUT2D eigenvalue weighted by Gasteiger charge is 2.00. The Balaban J connectivity index is 2.32. The molecule has 0 aliphatic heterocycles. The van der Waals surface area contributed by atoms with E-state index >= 15 is 0 Å². The molecule has 4 heteroatoms. The number of hydrogen-bond acceptors (Lipinski definition) is 3. The van der Waals surface area contributed by atoms with Gasteiger partial charge in [-0.15, -0.1) is 0 Å². The molecule has 0 aromatic carbocycles. The van der Waals surface area contributed by atoms with E-state index in [-0.39, 0.29) is 0 Å². The molecule has 3 nitrogen and oxygen atoms in total.